The first-order chi connectivity index (χ1) is 14.6. The molecule has 146 valence electrons. The van der Waals surface area contributed by atoms with Gasteiger partial charge in [0.1, 0.15) is 17.1 Å². The Bertz CT molecular complexity index is 1380. The molecule has 0 aliphatic carbocycles. The number of pyridine rings is 1. The molecule has 0 aliphatic heterocycles. The Hall–Kier alpha value is -3.77. The van der Waals surface area contributed by atoms with E-state index in [9.17, 15) is 0 Å². The number of hydrogen-bond donors (Lipinski definition) is 1. The van der Waals surface area contributed by atoms with Crippen molar-refractivity contribution in [3.63, 3.8) is 0 Å². The topological polar surface area (TPSA) is 82.5 Å². The molecule has 0 saturated carbocycles. The molecule has 3 aromatic heterocycles. The second-order valence-electron chi connectivity index (χ2n) is 6.93. The van der Waals surface area contributed by atoms with E-state index in [1.165, 1.54) is 0 Å². The van der Waals surface area contributed by atoms with Crippen LogP contribution in [0.4, 0.5) is 5.82 Å². The number of benzene rings is 2. The molecule has 0 spiro atoms. The number of aromatic nitrogens is 5. The third-order valence-electron chi connectivity index (χ3n) is 4.86. The van der Waals surface area contributed by atoms with Crippen LogP contribution in [0.3, 0.4) is 0 Å². The van der Waals surface area contributed by atoms with Gasteiger partial charge in [-0.15, -0.1) is 0 Å². The van der Waals surface area contributed by atoms with Gasteiger partial charge >= 0.3 is 0 Å². The highest BCUT2D eigenvalue weighted by atomic mass is 35.5. The van der Waals surface area contributed by atoms with Gasteiger partial charge < -0.3 is 5.73 Å². The number of nitrogens with zero attached hydrogens (tertiary/aromatic N) is 5. The maximum absolute atomic E-state index is 6.55. The highest BCUT2D eigenvalue weighted by Gasteiger charge is 2.19. The molecule has 6 nitrogen and oxygen atoms in total. The highest BCUT2D eigenvalue weighted by molar-refractivity contribution is 6.35. The number of aryl methyl sites for hydroxylation is 1. The van der Waals surface area contributed by atoms with Gasteiger partial charge in [0, 0.05) is 36.0 Å². The van der Waals surface area contributed by atoms with Crippen LogP contribution < -0.4 is 5.73 Å². The Morgan fingerprint density at radius 2 is 1.70 bits per heavy atom. The minimum atomic E-state index is 0.346. The fourth-order valence-corrected chi connectivity index (χ4v) is 3.74. The van der Waals surface area contributed by atoms with Gasteiger partial charge in [0.25, 0.3) is 0 Å². The lowest BCUT2D eigenvalue weighted by molar-refractivity contribution is 0.770. The number of nitrogen functional groups attached to an aromatic ring is 1. The van der Waals surface area contributed by atoms with Crippen molar-refractivity contribution in [2.45, 2.75) is 0 Å². The lowest BCUT2D eigenvalue weighted by Crippen LogP contribution is -2.03. The van der Waals surface area contributed by atoms with Gasteiger partial charge in [-0.1, -0.05) is 48.0 Å². The van der Waals surface area contributed by atoms with Crippen LogP contribution in [0.5, 0.6) is 0 Å². The summed E-state index contributed by atoms with van der Waals surface area (Å²) in [6.07, 6.45) is 3.59. The summed E-state index contributed by atoms with van der Waals surface area (Å²) in [7, 11) is 1.86. The normalized spacial score (nSPS) is 11.1. The Kier molecular flexibility index (Phi) is 4.41. The molecule has 5 aromatic rings. The molecular formula is C23H17ClN6. The maximum atomic E-state index is 6.55. The van der Waals surface area contributed by atoms with Gasteiger partial charge in [-0.3, -0.25) is 9.67 Å². The van der Waals surface area contributed by atoms with Crippen LogP contribution in [0.15, 0.2) is 73.1 Å². The number of halogens is 1. The quantitative estimate of drug-likeness (QED) is 0.451. The monoisotopic (exact) mass is 412 g/mol. The summed E-state index contributed by atoms with van der Waals surface area (Å²) in [6.45, 7) is 0. The standard InChI is InChI=1S/C23H17ClN6/c1-30-11-9-18(29-30)22-20(16-12-15-8-5-10-26-19(15)17(24)13-16)27-21(23(25)28-22)14-6-3-2-4-7-14/h2-13H,1H3,(H2,25,28). The summed E-state index contributed by atoms with van der Waals surface area (Å²) >= 11 is 6.55. The molecule has 0 saturated heterocycles. The van der Waals surface area contributed by atoms with Crippen LogP contribution in [-0.2, 0) is 7.05 Å². The second kappa shape index (κ2) is 7.24. The Morgan fingerprint density at radius 1 is 0.867 bits per heavy atom. The molecule has 0 atom stereocenters. The molecular weight excluding hydrogens is 396 g/mol. The molecule has 3 heterocycles. The average molecular weight is 413 g/mol. The molecule has 0 aliphatic rings. The van der Waals surface area contributed by atoms with Crippen molar-refractivity contribution >= 4 is 28.3 Å². The van der Waals surface area contributed by atoms with E-state index in [-0.39, 0.29) is 0 Å². The number of rotatable bonds is 3. The van der Waals surface area contributed by atoms with Gasteiger partial charge in [0.05, 0.1) is 16.2 Å². The van der Waals surface area contributed by atoms with Gasteiger partial charge in [0.2, 0.25) is 0 Å². The zero-order chi connectivity index (χ0) is 20.7. The van der Waals surface area contributed by atoms with Crippen molar-refractivity contribution < 1.29 is 0 Å². The minimum Gasteiger partial charge on any atom is -0.382 e. The van der Waals surface area contributed by atoms with Gasteiger partial charge in [-0.05, 0) is 24.3 Å². The van der Waals surface area contributed by atoms with Crippen LogP contribution in [0.25, 0.3) is 44.8 Å². The largest absolute Gasteiger partial charge is 0.382 e. The maximum Gasteiger partial charge on any atom is 0.150 e. The van der Waals surface area contributed by atoms with Crippen molar-refractivity contribution in [2.75, 3.05) is 5.73 Å². The van der Waals surface area contributed by atoms with Crippen molar-refractivity contribution in [3.05, 3.63) is 78.1 Å². The molecule has 0 radical (unpaired) electrons. The summed E-state index contributed by atoms with van der Waals surface area (Å²) < 4.78 is 1.72. The molecule has 0 amide bonds. The van der Waals surface area contributed by atoms with E-state index >= 15 is 0 Å². The SMILES string of the molecule is Cn1ccc(-c2nc(N)c(-c3ccccc3)nc2-c2cc(Cl)c3ncccc3c2)n1. The van der Waals surface area contributed by atoms with Gasteiger partial charge in [-0.2, -0.15) is 5.10 Å². The van der Waals surface area contributed by atoms with Crippen LogP contribution in [-0.4, -0.2) is 24.7 Å². The highest BCUT2D eigenvalue weighted by Crippen LogP contribution is 2.36. The number of anilines is 1. The van der Waals surface area contributed by atoms with Crippen LogP contribution in [0, 0.1) is 0 Å². The lowest BCUT2D eigenvalue weighted by Gasteiger charge is -2.13. The molecule has 0 bridgehead atoms. The number of nitrogens with two attached hydrogens (primary N) is 1. The second-order valence-corrected chi connectivity index (χ2v) is 7.34. The van der Waals surface area contributed by atoms with Crippen LogP contribution in [0.1, 0.15) is 0 Å². The number of hydrogen-bond acceptors (Lipinski definition) is 5. The first-order valence-electron chi connectivity index (χ1n) is 9.38. The average Bonchev–Trinajstić information content (AvgIpc) is 3.20. The van der Waals surface area contributed by atoms with E-state index in [0.717, 1.165) is 22.0 Å². The van der Waals surface area contributed by atoms with Gasteiger partial charge in [-0.25, -0.2) is 9.97 Å². The first-order valence-corrected chi connectivity index (χ1v) is 9.75. The molecule has 2 aromatic carbocycles. The molecule has 0 unspecified atom stereocenters. The van der Waals surface area contributed by atoms with Crippen molar-refractivity contribution in [1.82, 2.24) is 24.7 Å². The zero-order valence-corrected chi connectivity index (χ0v) is 16.9. The van der Waals surface area contributed by atoms with E-state index < -0.39 is 0 Å². The number of fused-ring (bicyclic) bond motifs is 1. The molecule has 2 N–H and O–H groups in total. The molecule has 0 fully saturated rings. The summed E-state index contributed by atoms with van der Waals surface area (Å²) in [5.74, 6) is 0.346. The van der Waals surface area contributed by atoms with Crippen LogP contribution >= 0.6 is 11.6 Å². The van der Waals surface area contributed by atoms with Gasteiger partial charge in [0.15, 0.2) is 5.82 Å². The van der Waals surface area contributed by atoms with Crippen molar-refractivity contribution in [2.24, 2.45) is 7.05 Å². The summed E-state index contributed by atoms with van der Waals surface area (Å²) in [5, 5.41) is 5.98. The molecule has 7 heteroatoms. The van der Waals surface area contributed by atoms with E-state index in [1.807, 2.05) is 73.9 Å². The Morgan fingerprint density at radius 3 is 2.47 bits per heavy atom. The van der Waals surface area contributed by atoms with E-state index in [4.69, 9.17) is 27.3 Å². The first kappa shape index (κ1) is 18.3. The fourth-order valence-electron chi connectivity index (χ4n) is 3.46. The van der Waals surface area contributed by atoms with Crippen molar-refractivity contribution in [1.29, 1.82) is 0 Å². The minimum absolute atomic E-state index is 0.346. The predicted molar refractivity (Wildman–Crippen MR) is 120 cm³/mol. The molecule has 30 heavy (non-hydrogen) atoms. The Balaban J connectivity index is 1.80. The molecule has 5 rings (SSSR count). The lowest BCUT2D eigenvalue weighted by atomic mass is 10.0. The third kappa shape index (κ3) is 3.17. The van der Waals surface area contributed by atoms with E-state index in [2.05, 4.69) is 10.1 Å². The zero-order valence-electron chi connectivity index (χ0n) is 16.1. The van der Waals surface area contributed by atoms with Crippen LogP contribution in [0.2, 0.25) is 5.02 Å². The Labute approximate surface area is 178 Å². The third-order valence-corrected chi connectivity index (χ3v) is 5.15. The van der Waals surface area contributed by atoms with E-state index in [0.29, 0.717) is 33.6 Å². The summed E-state index contributed by atoms with van der Waals surface area (Å²) in [4.78, 5) is 14.0. The van der Waals surface area contributed by atoms with E-state index in [1.54, 1.807) is 10.9 Å². The summed E-state index contributed by atoms with van der Waals surface area (Å²) in [6, 6.07) is 19.4. The predicted octanol–water partition coefficient (Wildman–Crippen LogP) is 4.99. The fraction of sp³-hybridized carbons (Fsp3) is 0.0435. The summed E-state index contributed by atoms with van der Waals surface area (Å²) in [5.41, 5.74) is 11.4. The van der Waals surface area contributed by atoms with Crippen molar-refractivity contribution in [3.8, 4) is 33.9 Å². The smallest absolute Gasteiger partial charge is 0.150 e.